The van der Waals surface area contributed by atoms with E-state index >= 15 is 0 Å². The molecule has 27 heavy (non-hydrogen) atoms. The minimum atomic E-state index is -0.320. The van der Waals surface area contributed by atoms with Gasteiger partial charge in [0.15, 0.2) is 0 Å². The first-order valence-electron chi connectivity index (χ1n) is 10.4. The third-order valence-electron chi connectivity index (χ3n) is 6.67. The molecule has 1 unspecified atom stereocenters. The molecule has 1 aromatic carbocycles. The van der Waals surface area contributed by atoms with E-state index in [2.05, 4.69) is 17.0 Å². The lowest BCUT2D eigenvalue weighted by Crippen LogP contribution is -2.56. The topological polar surface area (TPSA) is 40.6 Å². The van der Waals surface area contributed by atoms with Crippen LogP contribution in [0.2, 0.25) is 0 Å². The second kappa shape index (κ2) is 6.65. The Labute approximate surface area is 162 Å². The summed E-state index contributed by atoms with van der Waals surface area (Å²) in [4.78, 5) is 30.1. The Hall–Kier alpha value is -1.84. The van der Waals surface area contributed by atoms with E-state index in [1.807, 2.05) is 43.9 Å². The SMILES string of the molecule is CC(C)(C)C(=O)N1CCC2(CC1)CC(c1ccccc1)C(=O)N(C1CC1)C2. The molecule has 1 aromatic rings. The maximum absolute atomic E-state index is 13.2. The molecule has 3 aliphatic rings. The lowest BCUT2D eigenvalue weighted by atomic mass is 9.67. The van der Waals surface area contributed by atoms with Crippen molar-refractivity contribution in [2.75, 3.05) is 19.6 Å². The number of likely N-dealkylation sites (tertiary alicyclic amines) is 2. The van der Waals surface area contributed by atoms with Gasteiger partial charge >= 0.3 is 0 Å². The molecule has 0 bridgehead atoms. The van der Waals surface area contributed by atoms with E-state index in [-0.39, 0.29) is 22.7 Å². The Morgan fingerprint density at radius 1 is 1.07 bits per heavy atom. The molecule has 4 nitrogen and oxygen atoms in total. The van der Waals surface area contributed by atoms with Gasteiger partial charge in [-0.3, -0.25) is 9.59 Å². The van der Waals surface area contributed by atoms with Crippen molar-refractivity contribution < 1.29 is 9.59 Å². The molecule has 1 spiro atoms. The van der Waals surface area contributed by atoms with Gasteiger partial charge in [-0.15, -0.1) is 0 Å². The highest BCUT2D eigenvalue weighted by Gasteiger charge is 2.50. The van der Waals surface area contributed by atoms with Crippen molar-refractivity contribution in [1.29, 1.82) is 0 Å². The number of hydrogen-bond donors (Lipinski definition) is 0. The van der Waals surface area contributed by atoms with Crippen LogP contribution < -0.4 is 0 Å². The number of benzene rings is 1. The molecule has 1 aliphatic carbocycles. The smallest absolute Gasteiger partial charge is 0.230 e. The van der Waals surface area contributed by atoms with Gasteiger partial charge in [0.05, 0.1) is 5.92 Å². The zero-order valence-electron chi connectivity index (χ0n) is 16.9. The van der Waals surface area contributed by atoms with Gasteiger partial charge in [-0.1, -0.05) is 51.1 Å². The third-order valence-corrected chi connectivity index (χ3v) is 6.67. The molecule has 2 saturated heterocycles. The van der Waals surface area contributed by atoms with Gasteiger partial charge in [0.25, 0.3) is 0 Å². The highest BCUT2D eigenvalue weighted by Crippen LogP contribution is 2.48. The maximum Gasteiger partial charge on any atom is 0.230 e. The fourth-order valence-corrected chi connectivity index (χ4v) is 4.89. The van der Waals surface area contributed by atoms with Gasteiger partial charge in [0.1, 0.15) is 0 Å². The molecule has 0 N–H and O–H groups in total. The van der Waals surface area contributed by atoms with E-state index in [0.29, 0.717) is 11.9 Å². The highest BCUT2D eigenvalue weighted by atomic mass is 16.2. The molecule has 4 heteroatoms. The summed E-state index contributed by atoms with van der Waals surface area (Å²) in [5.74, 6) is 0.552. The van der Waals surface area contributed by atoms with E-state index < -0.39 is 0 Å². The summed E-state index contributed by atoms with van der Waals surface area (Å²) in [7, 11) is 0. The minimum Gasteiger partial charge on any atom is -0.342 e. The molecular weight excluding hydrogens is 336 g/mol. The number of nitrogens with zero attached hydrogens (tertiary/aromatic N) is 2. The third kappa shape index (κ3) is 3.63. The van der Waals surface area contributed by atoms with Crippen LogP contribution in [0, 0.1) is 10.8 Å². The van der Waals surface area contributed by atoms with E-state index in [1.54, 1.807) is 0 Å². The zero-order valence-corrected chi connectivity index (χ0v) is 16.9. The molecule has 0 aromatic heterocycles. The molecule has 4 rings (SSSR count). The van der Waals surface area contributed by atoms with Crippen molar-refractivity contribution in [3.8, 4) is 0 Å². The van der Waals surface area contributed by atoms with Gasteiger partial charge in [0, 0.05) is 31.1 Å². The first kappa shape index (κ1) is 18.5. The normalized spacial score (nSPS) is 25.7. The standard InChI is InChI=1S/C23H32N2O2/c1-22(2,3)21(27)24-13-11-23(12-14-24)15-19(17-7-5-4-6-8-17)20(26)25(16-23)18-9-10-18/h4-8,18-19H,9-16H2,1-3H3. The van der Waals surface area contributed by atoms with Gasteiger partial charge in [-0.25, -0.2) is 0 Å². The van der Waals surface area contributed by atoms with Gasteiger partial charge < -0.3 is 9.80 Å². The summed E-state index contributed by atoms with van der Waals surface area (Å²) in [6.07, 6.45) is 5.25. The minimum absolute atomic E-state index is 0.0228. The Kier molecular flexibility index (Phi) is 4.56. The summed E-state index contributed by atoms with van der Waals surface area (Å²) in [6, 6.07) is 10.7. The molecule has 1 atom stereocenters. The van der Waals surface area contributed by atoms with Crippen molar-refractivity contribution in [3.63, 3.8) is 0 Å². The first-order valence-corrected chi connectivity index (χ1v) is 10.4. The van der Waals surface area contributed by atoms with Crippen LogP contribution in [0.5, 0.6) is 0 Å². The van der Waals surface area contributed by atoms with Gasteiger partial charge in [0.2, 0.25) is 11.8 Å². The molecule has 2 aliphatic heterocycles. The quantitative estimate of drug-likeness (QED) is 0.796. The first-order chi connectivity index (χ1) is 12.8. The number of rotatable bonds is 2. The zero-order chi connectivity index (χ0) is 19.2. The summed E-state index contributed by atoms with van der Waals surface area (Å²) in [5.41, 5.74) is 0.992. The number of carbonyl (C=O) groups excluding carboxylic acids is 2. The molecular formula is C23H32N2O2. The average molecular weight is 369 g/mol. The predicted octanol–water partition coefficient (Wildman–Crippen LogP) is 3.82. The fraction of sp³-hybridized carbons (Fsp3) is 0.652. The van der Waals surface area contributed by atoms with E-state index in [1.165, 1.54) is 0 Å². The van der Waals surface area contributed by atoms with Crippen molar-refractivity contribution >= 4 is 11.8 Å². The van der Waals surface area contributed by atoms with Crippen LogP contribution >= 0.6 is 0 Å². The molecule has 0 radical (unpaired) electrons. The Morgan fingerprint density at radius 3 is 2.26 bits per heavy atom. The van der Waals surface area contributed by atoms with Crippen LogP contribution in [-0.2, 0) is 9.59 Å². The Morgan fingerprint density at radius 2 is 1.70 bits per heavy atom. The monoisotopic (exact) mass is 368 g/mol. The Bertz CT molecular complexity index is 710. The highest BCUT2D eigenvalue weighted by molar-refractivity contribution is 5.85. The molecule has 3 fully saturated rings. The maximum atomic E-state index is 13.2. The number of amides is 2. The summed E-state index contributed by atoms with van der Waals surface area (Å²) in [5, 5.41) is 0. The van der Waals surface area contributed by atoms with Crippen molar-refractivity contribution in [2.45, 2.75) is 64.8 Å². The molecule has 146 valence electrons. The lowest BCUT2D eigenvalue weighted by Gasteiger charge is -2.50. The van der Waals surface area contributed by atoms with Crippen LogP contribution in [0.1, 0.15) is 64.4 Å². The van der Waals surface area contributed by atoms with E-state index in [4.69, 9.17) is 0 Å². The van der Waals surface area contributed by atoms with Crippen molar-refractivity contribution in [2.24, 2.45) is 10.8 Å². The van der Waals surface area contributed by atoms with Crippen LogP contribution in [0.15, 0.2) is 30.3 Å². The largest absolute Gasteiger partial charge is 0.342 e. The van der Waals surface area contributed by atoms with Crippen LogP contribution in [-0.4, -0.2) is 47.3 Å². The van der Waals surface area contributed by atoms with Crippen molar-refractivity contribution in [1.82, 2.24) is 9.80 Å². The Balaban J connectivity index is 1.54. The summed E-state index contributed by atoms with van der Waals surface area (Å²) >= 11 is 0. The van der Waals surface area contributed by atoms with Crippen LogP contribution in [0.3, 0.4) is 0 Å². The van der Waals surface area contributed by atoms with Gasteiger partial charge in [-0.2, -0.15) is 0 Å². The number of piperidine rings is 2. The van der Waals surface area contributed by atoms with E-state index in [0.717, 1.165) is 57.3 Å². The molecule has 2 amide bonds. The number of carbonyl (C=O) groups is 2. The van der Waals surface area contributed by atoms with Crippen molar-refractivity contribution in [3.05, 3.63) is 35.9 Å². The van der Waals surface area contributed by atoms with Crippen LogP contribution in [0.25, 0.3) is 0 Å². The summed E-state index contributed by atoms with van der Waals surface area (Å²) in [6.45, 7) is 8.53. The summed E-state index contributed by atoms with van der Waals surface area (Å²) < 4.78 is 0. The van der Waals surface area contributed by atoms with Crippen LogP contribution in [0.4, 0.5) is 0 Å². The van der Waals surface area contributed by atoms with Gasteiger partial charge in [-0.05, 0) is 43.1 Å². The average Bonchev–Trinajstić information content (AvgIpc) is 3.49. The van der Waals surface area contributed by atoms with E-state index in [9.17, 15) is 9.59 Å². The lowest BCUT2D eigenvalue weighted by molar-refractivity contribution is -0.148. The predicted molar refractivity (Wildman–Crippen MR) is 106 cm³/mol. The second-order valence-corrected chi connectivity index (χ2v) is 9.91. The second-order valence-electron chi connectivity index (χ2n) is 9.91. The number of hydrogen-bond acceptors (Lipinski definition) is 2. The molecule has 1 saturated carbocycles. The molecule has 2 heterocycles. The fourth-order valence-electron chi connectivity index (χ4n) is 4.89.